The van der Waals surface area contributed by atoms with Crippen molar-refractivity contribution in [1.82, 2.24) is 4.31 Å². The molecule has 1 fully saturated rings. The number of benzene rings is 1. The molecule has 2 rings (SSSR count). The van der Waals surface area contributed by atoms with Crippen LogP contribution in [0.25, 0.3) is 0 Å². The van der Waals surface area contributed by atoms with Crippen molar-refractivity contribution >= 4 is 15.7 Å². The number of rotatable bonds is 4. The molecule has 1 aliphatic rings. The van der Waals surface area contributed by atoms with Gasteiger partial charge in [0.2, 0.25) is 10.0 Å². The first-order valence-corrected chi connectivity index (χ1v) is 7.40. The molecule has 0 bridgehead atoms. The van der Waals surface area contributed by atoms with E-state index in [0.717, 1.165) is 4.31 Å². The number of hydrogen-bond acceptors (Lipinski definition) is 3. The van der Waals surface area contributed by atoms with Crippen molar-refractivity contribution in [2.75, 3.05) is 19.4 Å². The molecule has 0 unspecified atom stereocenters. The standard InChI is InChI=1S/C12H15F3N2O2S/c1-17(2)20(18,19)10-5-3-9(4-6-10)16-11(7-8-11)12(13,14)15/h3-6,16H,7-8H2,1-2H3. The van der Waals surface area contributed by atoms with Crippen molar-refractivity contribution in [3.63, 3.8) is 0 Å². The lowest BCUT2D eigenvalue weighted by molar-refractivity contribution is -0.151. The number of alkyl halides is 3. The van der Waals surface area contributed by atoms with Crippen LogP contribution >= 0.6 is 0 Å². The lowest BCUT2D eigenvalue weighted by Gasteiger charge is -2.22. The van der Waals surface area contributed by atoms with Crippen molar-refractivity contribution < 1.29 is 21.6 Å². The molecule has 1 aromatic rings. The molecule has 20 heavy (non-hydrogen) atoms. The Morgan fingerprint density at radius 3 is 2.00 bits per heavy atom. The quantitative estimate of drug-likeness (QED) is 0.929. The van der Waals surface area contributed by atoms with Gasteiger partial charge in [0.15, 0.2) is 0 Å². The van der Waals surface area contributed by atoms with Gasteiger partial charge in [-0.15, -0.1) is 0 Å². The molecular weight excluding hydrogens is 293 g/mol. The topological polar surface area (TPSA) is 49.4 Å². The van der Waals surface area contributed by atoms with Crippen LogP contribution in [-0.2, 0) is 10.0 Å². The van der Waals surface area contributed by atoms with Gasteiger partial charge in [0.05, 0.1) is 4.90 Å². The summed E-state index contributed by atoms with van der Waals surface area (Å²) in [6, 6.07) is 5.29. The number of nitrogens with zero attached hydrogens (tertiary/aromatic N) is 1. The van der Waals surface area contributed by atoms with Crippen LogP contribution in [0.2, 0.25) is 0 Å². The summed E-state index contributed by atoms with van der Waals surface area (Å²) in [6.07, 6.45) is -4.23. The molecule has 0 heterocycles. The minimum absolute atomic E-state index is 0.0360. The number of nitrogens with one attached hydrogen (secondary N) is 1. The SMILES string of the molecule is CN(C)S(=O)(=O)c1ccc(NC2(C(F)(F)F)CC2)cc1. The van der Waals surface area contributed by atoms with Gasteiger partial charge in [-0.05, 0) is 37.1 Å². The van der Waals surface area contributed by atoms with Crippen molar-refractivity contribution in [3.8, 4) is 0 Å². The molecule has 1 saturated carbocycles. The summed E-state index contributed by atoms with van der Waals surface area (Å²) in [7, 11) is -0.780. The van der Waals surface area contributed by atoms with E-state index in [-0.39, 0.29) is 23.4 Å². The molecule has 112 valence electrons. The molecule has 1 aromatic carbocycles. The van der Waals surface area contributed by atoms with Gasteiger partial charge in [-0.1, -0.05) is 0 Å². The van der Waals surface area contributed by atoms with Gasteiger partial charge in [0.1, 0.15) is 5.54 Å². The van der Waals surface area contributed by atoms with E-state index in [9.17, 15) is 21.6 Å². The van der Waals surface area contributed by atoms with Gasteiger partial charge < -0.3 is 5.32 Å². The fourth-order valence-corrected chi connectivity index (χ4v) is 2.70. The summed E-state index contributed by atoms with van der Waals surface area (Å²) in [6.45, 7) is 0. The van der Waals surface area contributed by atoms with E-state index in [2.05, 4.69) is 5.32 Å². The average Bonchev–Trinajstić information content (AvgIpc) is 3.10. The van der Waals surface area contributed by atoms with E-state index in [1.165, 1.54) is 38.4 Å². The van der Waals surface area contributed by atoms with E-state index in [1.807, 2.05) is 0 Å². The highest BCUT2D eigenvalue weighted by atomic mass is 32.2. The second-order valence-electron chi connectivity index (χ2n) is 5.02. The average molecular weight is 308 g/mol. The van der Waals surface area contributed by atoms with Crippen LogP contribution in [-0.4, -0.2) is 38.5 Å². The molecule has 0 aliphatic heterocycles. The maximum atomic E-state index is 12.8. The van der Waals surface area contributed by atoms with E-state index in [4.69, 9.17) is 0 Å². The van der Waals surface area contributed by atoms with Crippen LogP contribution in [0.3, 0.4) is 0 Å². The zero-order valence-corrected chi connectivity index (χ0v) is 11.8. The van der Waals surface area contributed by atoms with Crippen LogP contribution in [0, 0.1) is 0 Å². The molecule has 1 aliphatic carbocycles. The zero-order valence-electron chi connectivity index (χ0n) is 11.0. The molecule has 0 atom stereocenters. The Labute approximate surface area is 115 Å². The van der Waals surface area contributed by atoms with E-state index in [1.54, 1.807) is 0 Å². The number of hydrogen-bond donors (Lipinski definition) is 1. The Kier molecular flexibility index (Phi) is 3.50. The highest BCUT2D eigenvalue weighted by molar-refractivity contribution is 7.89. The van der Waals surface area contributed by atoms with Gasteiger partial charge in [0.25, 0.3) is 0 Å². The highest BCUT2D eigenvalue weighted by Gasteiger charge is 2.63. The van der Waals surface area contributed by atoms with Crippen LogP contribution in [0.4, 0.5) is 18.9 Å². The van der Waals surface area contributed by atoms with Gasteiger partial charge >= 0.3 is 6.18 Å². The minimum atomic E-state index is -4.30. The molecule has 1 N–H and O–H groups in total. The third kappa shape index (κ3) is 2.62. The predicted octanol–water partition coefficient (Wildman–Crippen LogP) is 2.44. The van der Waals surface area contributed by atoms with Gasteiger partial charge in [0, 0.05) is 19.8 Å². The third-order valence-corrected chi connectivity index (χ3v) is 5.14. The summed E-state index contributed by atoms with van der Waals surface area (Å²) in [5.41, 5.74) is -1.59. The Bertz CT molecular complexity index is 590. The van der Waals surface area contributed by atoms with E-state index < -0.39 is 21.7 Å². The molecule has 0 amide bonds. The molecule has 0 spiro atoms. The Balaban J connectivity index is 2.19. The Hall–Kier alpha value is -1.28. The predicted molar refractivity (Wildman–Crippen MR) is 69.0 cm³/mol. The third-order valence-electron chi connectivity index (χ3n) is 3.31. The molecule has 0 radical (unpaired) electrons. The van der Waals surface area contributed by atoms with Gasteiger partial charge in [-0.2, -0.15) is 13.2 Å². The number of halogens is 3. The van der Waals surface area contributed by atoms with Gasteiger partial charge in [-0.3, -0.25) is 0 Å². The first kappa shape index (κ1) is 15.1. The van der Waals surface area contributed by atoms with Crippen LogP contribution in [0.5, 0.6) is 0 Å². The lowest BCUT2D eigenvalue weighted by Crippen LogP contribution is -2.38. The van der Waals surface area contributed by atoms with Crippen molar-refractivity contribution in [1.29, 1.82) is 0 Å². The van der Waals surface area contributed by atoms with Gasteiger partial charge in [-0.25, -0.2) is 12.7 Å². The number of anilines is 1. The van der Waals surface area contributed by atoms with Crippen molar-refractivity contribution in [3.05, 3.63) is 24.3 Å². The molecule has 4 nitrogen and oxygen atoms in total. The van der Waals surface area contributed by atoms with Crippen molar-refractivity contribution in [2.24, 2.45) is 0 Å². The summed E-state index contributed by atoms with van der Waals surface area (Å²) in [5.74, 6) is 0. The fourth-order valence-electron chi connectivity index (χ4n) is 1.80. The maximum absolute atomic E-state index is 12.8. The van der Waals surface area contributed by atoms with Crippen LogP contribution < -0.4 is 5.32 Å². The fraction of sp³-hybridized carbons (Fsp3) is 0.500. The molecule has 0 saturated heterocycles. The maximum Gasteiger partial charge on any atom is 0.411 e. The Morgan fingerprint density at radius 1 is 1.15 bits per heavy atom. The molecular formula is C12H15F3N2O2S. The summed E-state index contributed by atoms with van der Waals surface area (Å²) < 4.78 is 63.1. The summed E-state index contributed by atoms with van der Waals surface area (Å²) in [5, 5.41) is 2.44. The lowest BCUT2D eigenvalue weighted by atomic mass is 10.2. The summed E-state index contributed by atoms with van der Waals surface area (Å²) >= 11 is 0. The van der Waals surface area contributed by atoms with Crippen molar-refractivity contribution in [2.45, 2.75) is 29.5 Å². The second kappa shape index (κ2) is 4.63. The minimum Gasteiger partial charge on any atom is -0.372 e. The van der Waals surface area contributed by atoms with E-state index >= 15 is 0 Å². The molecule has 0 aromatic heterocycles. The smallest absolute Gasteiger partial charge is 0.372 e. The summed E-state index contributed by atoms with van der Waals surface area (Å²) in [4.78, 5) is 0.0462. The first-order chi connectivity index (χ1) is 9.08. The second-order valence-corrected chi connectivity index (χ2v) is 7.17. The molecule has 8 heteroatoms. The first-order valence-electron chi connectivity index (χ1n) is 5.96. The normalized spacial score (nSPS) is 18.1. The number of sulfonamides is 1. The largest absolute Gasteiger partial charge is 0.411 e. The zero-order chi connectivity index (χ0) is 15.2. The van der Waals surface area contributed by atoms with Crippen LogP contribution in [0.15, 0.2) is 29.2 Å². The van der Waals surface area contributed by atoms with E-state index in [0.29, 0.717) is 0 Å². The Morgan fingerprint density at radius 2 is 1.65 bits per heavy atom. The van der Waals surface area contributed by atoms with Crippen LogP contribution in [0.1, 0.15) is 12.8 Å². The monoisotopic (exact) mass is 308 g/mol. The highest BCUT2D eigenvalue weighted by Crippen LogP contribution is 2.51.